The molecule has 2 rings (SSSR count). The number of nitrogens with one attached hydrogen (secondary N) is 3. The number of carbonyl (C=O) groups excluding carboxylic acids is 7. The van der Waals surface area contributed by atoms with E-state index in [1.54, 1.807) is 38.1 Å². The molecule has 1 saturated heterocycles. The van der Waals surface area contributed by atoms with Crippen LogP contribution in [0.3, 0.4) is 0 Å². The number of thiol groups is 1. The Hall–Kier alpha value is -4.14. The molecule has 45 heavy (non-hydrogen) atoms. The van der Waals surface area contributed by atoms with Gasteiger partial charge < -0.3 is 32.2 Å². The molecule has 1 fully saturated rings. The number of ketones is 1. The number of Topliss-reactive ketones (excluding diaryl/α,β-unsaturated/α-hetero) is 1. The summed E-state index contributed by atoms with van der Waals surface area (Å²) in [6.07, 6.45) is 1.57. The van der Waals surface area contributed by atoms with E-state index in [9.17, 15) is 33.6 Å². The van der Waals surface area contributed by atoms with E-state index in [0.717, 1.165) is 0 Å². The first-order valence-electron chi connectivity index (χ1n) is 15.0. The number of nitrogens with two attached hydrogens (primary N) is 2. The van der Waals surface area contributed by atoms with Crippen LogP contribution in [0.25, 0.3) is 0 Å². The van der Waals surface area contributed by atoms with Crippen LogP contribution in [0, 0.1) is 11.8 Å². The Labute approximate surface area is 268 Å². The summed E-state index contributed by atoms with van der Waals surface area (Å²) < 4.78 is 4.75. The molecule has 14 nitrogen and oxygen atoms in total. The second-order valence-electron chi connectivity index (χ2n) is 11.3. The van der Waals surface area contributed by atoms with Crippen LogP contribution in [0.2, 0.25) is 0 Å². The number of unbranched alkanes of at least 4 members (excludes halogenated alkanes) is 2. The smallest absolute Gasteiger partial charge is 0.404 e. The monoisotopic (exact) mass is 648 g/mol. The summed E-state index contributed by atoms with van der Waals surface area (Å²) in [5.41, 5.74) is 11.2. The van der Waals surface area contributed by atoms with Gasteiger partial charge in [0.2, 0.25) is 23.6 Å². The topological polar surface area (TPSA) is 220 Å². The average molecular weight is 649 g/mol. The van der Waals surface area contributed by atoms with Gasteiger partial charge in [-0.25, -0.2) is 9.59 Å². The highest BCUT2D eigenvalue weighted by atomic mass is 32.1. The number of anilines is 1. The first-order valence-corrected chi connectivity index (χ1v) is 15.5. The molecule has 0 radical (unpaired) electrons. The van der Waals surface area contributed by atoms with Crippen molar-refractivity contribution in [3.05, 3.63) is 29.8 Å². The summed E-state index contributed by atoms with van der Waals surface area (Å²) in [4.78, 5) is 86.3. The van der Waals surface area contributed by atoms with Crippen LogP contribution in [0.5, 0.6) is 0 Å². The first kappa shape index (κ1) is 37.0. The maximum Gasteiger partial charge on any atom is 0.404 e. The highest BCUT2D eigenvalue weighted by Gasteiger charge is 2.35. The number of amides is 7. The lowest BCUT2D eigenvalue weighted by Crippen LogP contribution is -2.45. The predicted octanol–water partition coefficient (Wildman–Crippen LogP) is 2.00. The van der Waals surface area contributed by atoms with Crippen molar-refractivity contribution < 1.29 is 38.3 Å². The fraction of sp³-hybridized carbons (Fsp3) is 0.567. The van der Waals surface area contributed by atoms with Crippen molar-refractivity contribution in [3.8, 4) is 0 Å². The van der Waals surface area contributed by atoms with Crippen molar-refractivity contribution in [2.75, 3.05) is 18.4 Å². The van der Waals surface area contributed by atoms with Crippen molar-refractivity contribution in [3.63, 3.8) is 0 Å². The van der Waals surface area contributed by atoms with Crippen LogP contribution in [0.4, 0.5) is 15.3 Å². The van der Waals surface area contributed by atoms with Crippen LogP contribution in [0.15, 0.2) is 24.3 Å². The summed E-state index contributed by atoms with van der Waals surface area (Å²) in [5, 5.41) is 7.48. The maximum atomic E-state index is 13.4. The van der Waals surface area contributed by atoms with Gasteiger partial charge in [0, 0.05) is 44.0 Å². The van der Waals surface area contributed by atoms with E-state index in [-0.39, 0.29) is 74.8 Å². The third kappa shape index (κ3) is 13.2. The number of benzene rings is 1. The van der Waals surface area contributed by atoms with Gasteiger partial charge in [-0.05, 0) is 49.3 Å². The summed E-state index contributed by atoms with van der Waals surface area (Å²) in [7, 11) is 0. The van der Waals surface area contributed by atoms with Crippen molar-refractivity contribution in [2.24, 2.45) is 23.3 Å². The van der Waals surface area contributed by atoms with E-state index in [2.05, 4.69) is 28.6 Å². The zero-order valence-corrected chi connectivity index (χ0v) is 26.6. The van der Waals surface area contributed by atoms with Gasteiger partial charge in [-0.15, -0.1) is 0 Å². The van der Waals surface area contributed by atoms with Crippen LogP contribution in [0.1, 0.15) is 70.8 Å². The van der Waals surface area contributed by atoms with Gasteiger partial charge in [-0.2, -0.15) is 12.6 Å². The Bertz CT molecular complexity index is 1230. The minimum atomic E-state index is -0.903. The summed E-state index contributed by atoms with van der Waals surface area (Å²) in [5.74, 6) is -2.53. The highest BCUT2D eigenvalue weighted by molar-refractivity contribution is 7.81. The van der Waals surface area contributed by atoms with E-state index in [1.165, 1.54) is 4.90 Å². The second kappa shape index (κ2) is 18.6. The Morgan fingerprint density at radius 3 is 2.29 bits per heavy atom. The van der Waals surface area contributed by atoms with Gasteiger partial charge in [0.05, 0.1) is 11.3 Å². The zero-order chi connectivity index (χ0) is 33.5. The number of urea groups is 1. The molecule has 0 aliphatic carbocycles. The van der Waals surface area contributed by atoms with Crippen molar-refractivity contribution in [1.82, 2.24) is 15.5 Å². The van der Waals surface area contributed by atoms with E-state index < -0.39 is 35.2 Å². The number of carbonyl (C=O) groups is 7. The van der Waals surface area contributed by atoms with Crippen molar-refractivity contribution >= 4 is 59.9 Å². The number of hydrogen-bond acceptors (Lipinski definition) is 9. The molecule has 1 aromatic rings. The molecule has 1 unspecified atom stereocenters. The molecule has 7 N–H and O–H groups in total. The standard InChI is InChI=1S/C30H44N6O8S/c1-18(2)26(35-24(38)8-4-3-5-14-36-25(39)16-23(45)28(36)41)22(37)15-20(7-6-13-33-29(31)42)27(40)34-21-11-9-19(10-12-21)17-44-30(32)43/h9-12,18,20,23,26,45H,3-8,13-17H2,1-2H3,(H2,32,43)(H,34,40)(H,35,38)(H3,31,33,42)/t20-,23?,26+/m1/s1. The molecular formula is C30H44N6O8S. The number of rotatable bonds is 19. The molecule has 1 aliphatic heterocycles. The van der Waals surface area contributed by atoms with E-state index in [0.29, 0.717) is 36.9 Å². The molecular weight excluding hydrogens is 604 g/mol. The third-order valence-corrected chi connectivity index (χ3v) is 7.69. The fourth-order valence-corrected chi connectivity index (χ4v) is 5.13. The maximum absolute atomic E-state index is 13.4. The quantitative estimate of drug-likeness (QED) is 0.0738. The molecule has 0 spiro atoms. The van der Waals surface area contributed by atoms with Crippen LogP contribution in [-0.2, 0) is 35.3 Å². The number of likely N-dealkylation sites (tertiary alicyclic amines) is 1. The summed E-state index contributed by atoms with van der Waals surface area (Å²) in [6.45, 7) is 4.10. The molecule has 7 amide bonds. The SMILES string of the molecule is CC(C)[C@H](NC(=O)CCCCCN1C(=O)CC(S)C1=O)C(=O)C[C@@H](CCCNC(N)=O)C(=O)Nc1ccc(COC(N)=O)cc1. The second-order valence-corrected chi connectivity index (χ2v) is 11.9. The highest BCUT2D eigenvalue weighted by Crippen LogP contribution is 2.21. The number of nitrogens with zero attached hydrogens (tertiary/aromatic N) is 1. The largest absolute Gasteiger partial charge is 0.445 e. The summed E-state index contributed by atoms with van der Waals surface area (Å²) >= 11 is 4.11. The number of ether oxygens (including phenoxy) is 1. The Balaban J connectivity index is 1.93. The molecule has 3 atom stereocenters. The minimum Gasteiger partial charge on any atom is -0.445 e. The molecule has 0 bridgehead atoms. The van der Waals surface area contributed by atoms with E-state index >= 15 is 0 Å². The number of hydrogen-bond donors (Lipinski definition) is 6. The van der Waals surface area contributed by atoms with E-state index in [4.69, 9.17) is 16.2 Å². The third-order valence-electron chi connectivity index (χ3n) is 7.29. The van der Waals surface area contributed by atoms with Crippen molar-refractivity contribution in [2.45, 2.75) is 83.1 Å². The molecule has 1 aromatic carbocycles. The number of primary amides is 2. The number of imide groups is 1. The Morgan fingerprint density at radius 2 is 1.71 bits per heavy atom. The molecule has 15 heteroatoms. The van der Waals surface area contributed by atoms with Gasteiger partial charge in [0.25, 0.3) is 0 Å². The van der Waals surface area contributed by atoms with Gasteiger partial charge in [-0.1, -0.05) is 32.4 Å². The Kier molecular flexibility index (Phi) is 15.3. The molecule has 0 saturated carbocycles. The van der Waals surface area contributed by atoms with E-state index in [1.807, 2.05) is 0 Å². The molecule has 248 valence electrons. The van der Waals surface area contributed by atoms with Gasteiger partial charge >= 0.3 is 12.1 Å². The lowest BCUT2D eigenvalue weighted by atomic mass is 9.89. The predicted molar refractivity (Wildman–Crippen MR) is 169 cm³/mol. The zero-order valence-electron chi connectivity index (χ0n) is 25.7. The first-order chi connectivity index (χ1) is 21.3. The normalized spacial score (nSPS) is 15.8. The fourth-order valence-electron chi connectivity index (χ4n) is 4.84. The van der Waals surface area contributed by atoms with Gasteiger partial charge in [-0.3, -0.25) is 28.9 Å². The van der Waals surface area contributed by atoms with Crippen molar-refractivity contribution in [1.29, 1.82) is 0 Å². The van der Waals surface area contributed by atoms with Crippen LogP contribution in [-0.4, -0.2) is 70.8 Å². The molecule has 0 aromatic heterocycles. The van der Waals surface area contributed by atoms with Gasteiger partial charge in [0.15, 0.2) is 5.78 Å². The minimum absolute atomic E-state index is 0.0206. The lowest BCUT2D eigenvalue weighted by Gasteiger charge is -2.24. The lowest BCUT2D eigenvalue weighted by molar-refractivity contribution is -0.138. The van der Waals surface area contributed by atoms with Gasteiger partial charge in [0.1, 0.15) is 6.61 Å². The Morgan fingerprint density at radius 1 is 1.02 bits per heavy atom. The molecule has 1 heterocycles. The summed E-state index contributed by atoms with van der Waals surface area (Å²) in [6, 6.07) is 5.05. The van der Waals surface area contributed by atoms with Crippen LogP contribution >= 0.6 is 12.6 Å². The average Bonchev–Trinajstić information content (AvgIpc) is 3.21. The molecule has 1 aliphatic rings. The van der Waals surface area contributed by atoms with Crippen LogP contribution < -0.4 is 27.4 Å².